The first-order valence-corrected chi connectivity index (χ1v) is 7.74. The zero-order valence-electron chi connectivity index (χ0n) is 11.5. The number of nitrogens with two attached hydrogens (primary N) is 1. The number of hydrogen-bond acceptors (Lipinski definition) is 3. The first kappa shape index (κ1) is 15.0. The normalized spacial score (nSPS) is 16.8. The van der Waals surface area contributed by atoms with Gasteiger partial charge in [0.2, 0.25) is 0 Å². The van der Waals surface area contributed by atoms with E-state index in [9.17, 15) is 0 Å². The number of hydrogen-bond donors (Lipinski definition) is 1. The summed E-state index contributed by atoms with van der Waals surface area (Å²) in [4.78, 5) is 2.52. The van der Waals surface area contributed by atoms with Gasteiger partial charge in [-0.2, -0.15) is 0 Å². The van der Waals surface area contributed by atoms with E-state index in [0.29, 0.717) is 0 Å². The monoisotopic (exact) mass is 326 g/mol. The molecule has 1 fully saturated rings. The van der Waals surface area contributed by atoms with Gasteiger partial charge in [0.15, 0.2) is 0 Å². The largest absolute Gasteiger partial charge is 0.383 e. The van der Waals surface area contributed by atoms with Crippen LogP contribution in [0, 0.1) is 0 Å². The van der Waals surface area contributed by atoms with Crippen LogP contribution in [0.3, 0.4) is 0 Å². The lowest BCUT2D eigenvalue weighted by atomic mass is 10.0. The molecule has 0 amide bonds. The van der Waals surface area contributed by atoms with E-state index in [-0.39, 0.29) is 6.04 Å². The van der Waals surface area contributed by atoms with E-state index in [0.717, 1.165) is 36.6 Å². The molecular weight excluding hydrogens is 304 g/mol. The van der Waals surface area contributed by atoms with E-state index in [4.69, 9.17) is 10.5 Å². The predicted molar refractivity (Wildman–Crippen MR) is 82.2 cm³/mol. The van der Waals surface area contributed by atoms with Gasteiger partial charge in [0, 0.05) is 36.8 Å². The molecule has 0 spiro atoms. The molecule has 0 heterocycles. The Bertz CT molecular complexity index is 395. The molecular formula is C15H23BrN2O. The summed E-state index contributed by atoms with van der Waals surface area (Å²) in [6.45, 7) is 2.89. The number of ether oxygens (including phenoxy) is 1. The van der Waals surface area contributed by atoms with Crippen LogP contribution in [0.2, 0.25) is 0 Å². The highest BCUT2D eigenvalue weighted by Crippen LogP contribution is 2.28. The molecule has 0 aromatic heterocycles. The van der Waals surface area contributed by atoms with E-state index in [1.165, 1.54) is 18.4 Å². The van der Waals surface area contributed by atoms with Gasteiger partial charge in [-0.15, -0.1) is 0 Å². The Balaban J connectivity index is 1.82. The minimum atomic E-state index is 0.112. The molecule has 1 aliphatic carbocycles. The van der Waals surface area contributed by atoms with Crippen LogP contribution in [-0.2, 0) is 4.74 Å². The number of methoxy groups -OCH3 is 1. The molecule has 1 aromatic rings. The Morgan fingerprint density at radius 3 is 2.84 bits per heavy atom. The molecule has 1 saturated carbocycles. The second-order valence-electron chi connectivity index (χ2n) is 5.21. The van der Waals surface area contributed by atoms with Crippen LogP contribution in [0.1, 0.15) is 30.9 Å². The molecule has 1 atom stereocenters. The molecule has 0 radical (unpaired) electrons. The van der Waals surface area contributed by atoms with E-state index in [1.54, 1.807) is 7.11 Å². The molecule has 106 valence electrons. The van der Waals surface area contributed by atoms with Crippen LogP contribution < -0.4 is 5.73 Å². The van der Waals surface area contributed by atoms with Crippen LogP contribution in [0.25, 0.3) is 0 Å². The van der Waals surface area contributed by atoms with Gasteiger partial charge < -0.3 is 10.5 Å². The van der Waals surface area contributed by atoms with Gasteiger partial charge in [0.25, 0.3) is 0 Å². The fourth-order valence-electron chi connectivity index (χ4n) is 2.33. The fourth-order valence-corrected chi connectivity index (χ4v) is 2.75. The standard InChI is InChI=1S/C15H23BrN2O/c1-19-10-9-18(14-5-6-14)8-7-15(17)12-3-2-4-13(16)11-12/h2-4,11,14-15H,5-10,17H2,1H3. The molecule has 4 heteroatoms. The molecule has 2 rings (SSSR count). The van der Waals surface area contributed by atoms with Gasteiger partial charge in [-0.1, -0.05) is 28.1 Å². The van der Waals surface area contributed by atoms with Crippen molar-refractivity contribution in [1.29, 1.82) is 0 Å². The van der Waals surface area contributed by atoms with Crippen molar-refractivity contribution in [2.24, 2.45) is 5.73 Å². The number of halogens is 1. The quantitative estimate of drug-likeness (QED) is 0.798. The topological polar surface area (TPSA) is 38.5 Å². The predicted octanol–water partition coefficient (Wildman–Crippen LogP) is 2.95. The highest BCUT2D eigenvalue weighted by atomic mass is 79.9. The smallest absolute Gasteiger partial charge is 0.0589 e. The highest BCUT2D eigenvalue weighted by Gasteiger charge is 2.28. The number of benzene rings is 1. The minimum absolute atomic E-state index is 0.112. The van der Waals surface area contributed by atoms with Gasteiger partial charge in [-0.25, -0.2) is 0 Å². The van der Waals surface area contributed by atoms with Crippen molar-refractivity contribution in [3.8, 4) is 0 Å². The Morgan fingerprint density at radius 2 is 2.21 bits per heavy atom. The summed E-state index contributed by atoms with van der Waals surface area (Å²) in [5.74, 6) is 0. The van der Waals surface area contributed by atoms with Gasteiger partial charge in [-0.3, -0.25) is 4.90 Å². The van der Waals surface area contributed by atoms with Crippen LogP contribution >= 0.6 is 15.9 Å². The lowest BCUT2D eigenvalue weighted by Gasteiger charge is -2.23. The third kappa shape index (κ3) is 4.88. The van der Waals surface area contributed by atoms with Crippen molar-refractivity contribution in [3.05, 3.63) is 34.3 Å². The Labute approximate surface area is 124 Å². The van der Waals surface area contributed by atoms with Crippen molar-refractivity contribution in [1.82, 2.24) is 4.90 Å². The second-order valence-corrected chi connectivity index (χ2v) is 6.13. The lowest BCUT2D eigenvalue weighted by molar-refractivity contribution is 0.141. The summed E-state index contributed by atoms with van der Waals surface area (Å²) >= 11 is 3.50. The van der Waals surface area contributed by atoms with Crippen molar-refractivity contribution >= 4 is 15.9 Å². The number of rotatable bonds is 8. The Hall–Kier alpha value is -0.420. The van der Waals surface area contributed by atoms with Gasteiger partial charge in [0.05, 0.1) is 6.61 Å². The van der Waals surface area contributed by atoms with Gasteiger partial charge >= 0.3 is 0 Å². The molecule has 2 N–H and O–H groups in total. The summed E-state index contributed by atoms with van der Waals surface area (Å²) in [7, 11) is 1.76. The molecule has 1 unspecified atom stereocenters. The third-order valence-corrected chi connectivity index (χ3v) is 4.14. The number of nitrogens with zero attached hydrogens (tertiary/aromatic N) is 1. The lowest BCUT2D eigenvalue weighted by Crippen LogP contribution is -2.32. The van der Waals surface area contributed by atoms with Gasteiger partial charge in [-0.05, 0) is 37.0 Å². The minimum Gasteiger partial charge on any atom is -0.383 e. The van der Waals surface area contributed by atoms with Crippen LogP contribution in [0.15, 0.2) is 28.7 Å². The van der Waals surface area contributed by atoms with Gasteiger partial charge in [0.1, 0.15) is 0 Å². The average molecular weight is 327 g/mol. The van der Waals surface area contributed by atoms with Crippen LogP contribution in [0.4, 0.5) is 0 Å². The molecule has 0 saturated heterocycles. The molecule has 3 nitrogen and oxygen atoms in total. The molecule has 19 heavy (non-hydrogen) atoms. The van der Waals surface area contributed by atoms with Crippen molar-refractivity contribution < 1.29 is 4.74 Å². The van der Waals surface area contributed by atoms with E-state index in [2.05, 4.69) is 33.0 Å². The van der Waals surface area contributed by atoms with Crippen molar-refractivity contribution in [3.63, 3.8) is 0 Å². The van der Waals surface area contributed by atoms with Crippen LogP contribution in [0.5, 0.6) is 0 Å². The molecule has 1 aliphatic rings. The maximum Gasteiger partial charge on any atom is 0.0589 e. The maximum atomic E-state index is 6.28. The zero-order chi connectivity index (χ0) is 13.7. The van der Waals surface area contributed by atoms with E-state index >= 15 is 0 Å². The maximum absolute atomic E-state index is 6.28. The zero-order valence-corrected chi connectivity index (χ0v) is 13.1. The highest BCUT2D eigenvalue weighted by molar-refractivity contribution is 9.10. The third-order valence-electron chi connectivity index (χ3n) is 3.65. The first-order chi connectivity index (χ1) is 9.20. The average Bonchev–Trinajstić information content (AvgIpc) is 3.23. The van der Waals surface area contributed by atoms with E-state index in [1.807, 2.05) is 12.1 Å². The van der Waals surface area contributed by atoms with Crippen molar-refractivity contribution in [2.75, 3.05) is 26.8 Å². The SMILES string of the molecule is COCCN(CCC(N)c1cccc(Br)c1)C1CC1. The summed E-state index contributed by atoms with van der Waals surface area (Å²) in [5, 5.41) is 0. The summed E-state index contributed by atoms with van der Waals surface area (Å²) in [6.07, 6.45) is 3.66. The second kappa shape index (κ2) is 7.39. The summed E-state index contributed by atoms with van der Waals surface area (Å²) in [6, 6.07) is 9.17. The Morgan fingerprint density at radius 1 is 1.42 bits per heavy atom. The van der Waals surface area contributed by atoms with E-state index < -0.39 is 0 Å². The summed E-state index contributed by atoms with van der Waals surface area (Å²) in [5.41, 5.74) is 7.49. The van der Waals surface area contributed by atoms with Crippen molar-refractivity contribution in [2.45, 2.75) is 31.3 Å². The molecule has 1 aromatic carbocycles. The Kier molecular flexibility index (Phi) is 5.82. The summed E-state index contributed by atoms with van der Waals surface area (Å²) < 4.78 is 6.27. The van der Waals surface area contributed by atoms with Crippen LogP contribution in [-0.4, -0.2) is 37.7 Å². The molecule has 0 bridgehead atoms. The molecule has 0 aliphatic heterocycles. The fraction of sp³-hybridized carbons (Fsp3) is 0.600. The first-order valence-electron chi connectivity index (χ1n) is 6.94.